The Labute approximate surface area is 116 Å². The second kappa shape index (κ2) is 5.65. The number of allylic oxidation sites excluding steroid dienone is 2. The predicted molar refractivity (Wildman–Crippen MR) is 78.9 cm³/mol. The summed E-state index contributed by atoms with van der Waals surface area (Å²) >= 11 is 0.292. The van der Waals surface area contributed by atoms with Crippen molar-refractivity contribution in [2.45, 2.75) is 27.2 Å². The van der Waals surface area contributed by atoms with Gasteiger partial charge < -0.3 is 10.3 Å². The average molecular weight is 275 g/mol. The second-order valence-electron chi connectivity index (χ2n) is 4.87. The van der Waals surface area contributed by atoms with Crippen LogP contribution in [0.3, 0.4) is 0 Å². The Kier molecular flexibility index (Phi) is 4.14. The Hall–Kier alpha value is -1.49. The zero-order valence-electron chi connectivity index (χ0n) is 11.3. The predicted octanol–water partition coefficient (Wildman–Crippen LogP) is 1.42. The van der Waals surface area contributed by atoms with E-state index in [-0.39, 0.29) is 5.06 Å². The van der Waals surface area contributed by atoms with Crippen molar-refractivity contribution >= 4 is 16.2 Å². The van der Waals surface area contributed by atoms with Crippen molar-refractivity contribution in [3.8, 4) is 0 Å². The number of hydrogen-bond donors (Lipinski definition) is 1. The fraction of sp³-hybridized carbons (Fsp3) is 0.267. The quantitative estimate of drug-likeness (QED) is 0.655. The Morgan fingerprint density at radius 2 is 2.00 bits per heavy atom. The number of quaternary nitrogens is 1. The third kappa shape index (κ3) is 2.92. The number of nitrogens with one attached hydrogen (secondary N) is 1. The van der Waals surface area contributed by atoms with Crippen LogP contribution in [-0.2, 0) is 17.7 Å². The van der Waals surface area contributed by atoms with Gasteiger partial charge in [-0.05, 0) is 50.0 Å². The SMILES string of the molecule is CC1=C(Cc2cc(C)ccc2C)C=C[NH+]([O-])C1=S=O. The van der Waals surface area contributed by atoms with Crippen LogP contribution in [-0.4, -0.2) is 9.20 Å². The fourth-order valence-corrected chi connectivity index (χ4v) is 2.60. The van der Waals surface area contributed by atoms with Crippen LogP contribution >= 0.6 is 0 Å². The minimum absolute atomic E-state index is 0.179. The van der Waals surface area contributed by atoms with Gasteiger partial charge in [-0.25, -0.2) is 4.21 Å². The lowest BCUT2D eigenvalue weighted by atomic mass is 9.95. The molecule has 0 bridgehead atoms. The van der Waals surface area contributed by atoms with Crippen molar-refractivity contribution in [2.75, 3.05) is 0 Å². The summed E-state index contributed by atoms with van der Waals surface area (Å²) in [6.07, 6.45) is 4.08. The maximum Gasteiger partial charge on any atom is 0.233 e. The van der Waals surface area contributed by atoms with Crippen LogP contribution in [0.4, 0.5) is 0 Å². The third-order valence-electron chi connectivity index (χ3n) is 3.45. The lowest BCUT2D eigenvalue weighted by Crippen LogP contribution is -3.06. The molecule has 0 radical (unpaired) electrons. The van der Waals surface area contributed by atoms with Gasteiger partial charge in [0.2, 0.25) is 4.99 Å². The maximum atomic E-state index is 11.6. The smallest absolute Gasteiger partial charge is 0.233 e. The summed E-state index contributed by atoms with van der Waals surface area (Å²) < 4.78 is 11.0. The Morgan fingerprint density at radius 1 is 1.26 bits per heavy atom. The molecule has 1 atom stereocenters. The molecule has 1 aromatic carbocycles. The average Bonchev–Trinajstić information content (AvgIpc) is 2.38. The molecule has 0 aliphatic carbocycles. The summed E-state index contributed by atoms with van der Waals surface area (Å²) in [7, 11) is 0. The maximum absolute atomic E-state index is 11.6. The summed E-state index contributed by atoms with van der Waals surface area (Å²) in [5, 5.41) is 11.4. The molecule has 0 amide bonds. The Balaban J connectivity index is 2.38. The van der Waals surface area contributed by atoms with E-state index in [1.165, 1.54) is 22.9 Å². The summed E-state index contributed by atoms with van der Waals surface area (Å²) in [5.74, 6) is 0. The summed E-state index contributed by atoms with van der Waals surface area (Å²) in [6, 6.07) is 6.35. The molecule has 3 nitrogen and oxygen atoms in total. The van der Waals surface area contributed by atoms with E-state index in [9.17, 15) is 9.42 Å². The first-order chi connectivity index (χ1) is 9.02. The number of hydroxylamine groups is 2. The first kappa shape index (κ1) is 13.9. The first-order valence-electron chi connectivity index (χ1n) is 6.18. The van der Waals surface area contributed by atoms with E-state index in [0.29, 0.717) is 16.2 Å². The van der Waals surface area contributed by atoms with E-state index >= 15 is 0 Å². The molecule has 2 rings (SSSR count). The highest BCUT2D eigenvalue weighted by Crippen LogP contribution is 2.19. The van der Waals surface area contributed by atoms with Crippen LogP contribution in [0.1, 0.15) is 23.6 Å². The summed E-state index contributed by atoms with van der Waals surface area (Å²) in [6.45, 7) is 5.99. The van der Waals surface area contributed by atoms with Crippen molar-refractivity contribution in [1.29, 1.82) is 0 Å². The van der Waals surface area contributed by atoms with Gasteiger partial charge >= 0.3 is 0 Å². The van der Waals surface area contributed by atoms with Gasteiger partial charge in [0.15, 0.2) is 11.3 Å². The highest BCUT2D eigenvalue weighted by atomic mass is 32.1. The molecular weight excluding hydrogens is 258 g/mol. The summed E-state index contributed by atoms with van der Waals surface area (Å²) in [4.78, 5) is 0.322. The van der Waals surface area contributed by atoms with E-state index < -0.39 is 0 Å². The topological polar surface area (TPSA) is 44.6 Å². The largest absolute Gasteiger partial charge is 0.623 e. The number of benzene rings is 1. The lowest BCUT2D eigenvalue weighted by molar-refractivity contribution is -0.680. The highest BCUT2D eigenvalue weighted by Gasteiger charge is 2.18. The molecule has 0 fully saturated rings. The van der Waals surface area contributed by atoms with Gasteiger partial charge in [0.25, 0.3) is 0 Å². The molecular formula is C15H17NO2S. The minimum Gasteiger partial charge on any atom is -0.623 e. The Bertz CT molecular complexity index is 625. The third-order valence-corrected chi connectivity index (χ3v) is 4.12. The van der Waals surface area contributed by atoms with Crippen LogP contribution < -0.4 is 5.06 Å². The van der Waals surface area contributed by atoms with Gasteiger partial charge in [0, 0.05) is 5.57 Å². The monoisotopic (exact) mass is 275 g/mol. The van der Waals surface area contributed by atoms with Gasteiger partial charge in [-0.1, -0.05) is 23.8 Å². The van der Waals surface area contributed by atoms with E-state index in [1.807, 2.05) is 13.0 Å². The molecule has 1 aromatic rings. The van der Waals surface area contributed by atoms with E-state index in [4.69, 9.17) is 0 Å². The zero-order chi connectivity index (χ0) is 14.0. The molecule has 1 unspecified atom stereocenters. The molecule has 0 spiro atoms. The van der Waals surface area contributed by atoms with Crippen LogP contribution in [0.15, 0.2) is 41.6 Å². The molecule has 4 heteroatoms. The second-order valence-corrected chi connectivity index (χ2v) is 5.44. The molecule has 0 saturated heterocycles. The highest BCUT2D eigenvalue weighted by molar-refractivity contribution is 7.66. The van der Waals surface area contributed by atoms with E-state index in [0.717, 1.165) is 17.6 Å². The van der Waals surface area contributed by atoms with Crippen LogP contribution in [0.2, 0.25) is 0 Å². The molecule has 0 saturated carbocycles. The molecule has 100 valence electrons. The van der Waals surface area contributed by atoms with Crippen molar-refractivity contribution in [1.82, 2.24) is 0 Å². The normalized spacial score (nSPS) is 18.9. The van der Waals surface area contributed by atoms with Crippen LogP contribution in [0.5, 0.6) is 0 Å². The summed E-state index contributed by atoms with van der Waals surface area (Å²) in [5.41, 5.74) is 5.55. The lowest BCUT2D eigenvalue weighted by Gasteiger charge is -2.23. The molecule has 0 aromatic heterocycles. The van der Waals surface area contributed by atoms with Crippen LogP contribution in [0, 0.1) is 19.1 Å². The van der Waals surface area contributed by atoms with E-state index in [1.54, 1.807) is 0 Å². The van der Waals surface area contributed by atoms with Gasteiger partial charge in [-0.15, -0.1) is 0 Å². The zero-order valence-corrected chi connectivity index (χ0v) is 12.1. The van der Waals surface area contributed by atoms with E-state index in [2.05, 4.69) is 32.0 Å². The first-order valence-corrected chi connectivity index (χ1v) is 6.92. The molecule has 1 heterocycles. The van der Waals surface area contributed by atoms with Crippen molar-refractivity contribution in [3.63, 3.8) is 0 Å². The standard InChI is InChI=1S/C15H17NO2S/c1-10-4-5-11(2)14(8-10)9-13-6-7-16(17)15(19-18)12(13)3/h4-8,16H,9H2,1-3H3. The van der Waals surface area contributed by atoms with Gasteiger partial charge in [-0.3, -0.25) is 0 Å². The van der Waals surface area contributed by atoms with Crippen LogP contribution in [0.25, 0.3) is 0 Å². The molecule has 1 aliphatic rings. The molecule has 1 N–H and O–H groups in total. The van der Waals surface area contributed by atoms with Crippen molar-refractivity contribution in [3.05, 3.63) is 63.5 Å². The van der Waals surface area contributed by atoms with Gasteiger partial charge in [0.1, 0.15) is 6.20 Å². The minimum atomic E-state index is -0.179. The van der Waals surface area contributed by atoms with Crippen molar-refractivity contribution < 1.29 is 9.27 Å². The number of rotatable bonds is 2. The Morgan fingerprint density at radius 3 is 2.68 bits per heavy atom. The molecule has 19 heavy (non-hydrogen) atoms. The number of aryl methyl sites for hydroxylation is 2. The van der Waals surface area contributed by atoms with Gasteiger partial charge in [-0.2, -0.15) is 0 Å². The number of hydrogen-bond acceptors (Lipinski definition) is 2. The van der Waals surface area contributed by atoms with Crippen molar-refractivity contribution in [2.24, 2.45) is 0 Å². The molecule has 1 aliphatic heterocycles. The fourth-order valence-electron chi connectivity index (χ4n) is 2.20. The van der Waals surface area contributed by atoms with Gasteiger partial charge in [0.05, 0.1) is 0 Å².